The number of rotatable bonds is 11. The van der Waals surface area contributed by atoms with Crippen molar-refractivity contribution in [2.24, 2.45) is 0 Å². The van der Waals surface area contributed by atoms with Gasteiger partial charge in [-0.3, -0.25) is 9.59 Å². The zero-order valence-corrected chi connectivity index (χ0v) is 22.4. The lowest BCUT2D eigenvalue weighted by Crippen LogP contribution is -2.42. The number of hydrogen-bond acceptors (Lipinski definition) is 12. The highest BCUT2D eigenvalue weighted by Crippen LogP contribution is 2.37. The van der Waals surface area contributed by atoms with Gasteiger partial charge in [-0.1, -0.05) is 18.6 Å². The Labute approximate surface area is 221 Å². The molecule has 0 saturated carbocycles. The minimum absolute atomic E-state index is 0.0782. The van der Waals surface area contributed by atoms with Crippen molar-refractivity contribution < 1.29 is 47.9 Å². The summed E-state index contributed by atoms with van der Waals surface area (Å²) in [6.07, 6.45) is 0.678. The molecule has 3 aliphatic rings. The molecule has 0 bridgehead atoms. The molecule has 0 spiro atoms. The third-order valence-electron chi connectivity index (χ3n) is 6.38. The van der Waals surface area contributed by atoms with Crippen LogP contribution in [0.15, 0.2) is 12.2 Å². The molecule has 0 aliphatic carbocycles. The van der Waals surface area contributed by atoms with Crippen LogP contribution in [0.3, 0.4) is 0 Å². The maximum absolute atomic E-state index is 11.4. The fourth-order valence-corrected chi connectivity index (χ4v) is 4.73. The second-order valence-electron chi connectivity index (χ2n) is 9.97. The molecular formula is C25H37N3O10. The number of nitrogens with zero attached hydrogens (tertiary/aromatic N) is 3. The predicted octanol–water partition coefficient (Wildman–Crippen LogP) is 0.803. The molecule has 0 aromatic carbocycles. The van der Waals surface area contributed by atoms with Crippen LogP contribution in [0, 0.1) is 0 Å². The maximum atomic E-state index is 11.4. The van der Waals surface area contributed by atoms with E-state index in [0.29, 0.717) is 6.42 Å². The third-order valence-corrected chi connectivity index (χ3v) is 6.38. The average molecular weight is 540 g/mol. The van der Waals surface area contributed by atoms with E-state index in [1.807, 2.05) is 0 Å². The van der Waals surface area contributed by atoms with Gasteiger partial charge in [-0.05, 0) is 32.4 Å². The second-order valence-corrected chi connectivity index (χ2v) is 9.97. The fourth-order valence-electron chi connectivity index (χ4n) is 4.73. The van der Waals surface area contributed by atoms with Crippen molar-refractivity contribution in [1.82, 2.24) is 15.0 Å². The van der Waals surface area contributed by atoms with Crippen LogP contribution in [0.1, 0.15) is 52.4 Å². The van der Waals surface area contributed by atoms with Crippen LogP contribution in [-0.4, -0.2) is 94.1 Å². The average Bonchev–Trinajstić information content (AvgIpc) is 3.45. The van der Waals surface area contributed by atoms with Crippen molar-refractivity contribution in [3.05, 3.63) is 23.5 Å². The zero-order chi connectivity index (χ0) is 27.4. The van der Waals surface area contributed by atoms with Gasteiger partial charge in [-0.15, -0.1) is 5.10 Å². The van der Waals surface area contributed by atoms with Gasteiger partial charge < -0.3 is 38.3 Å². The van der Waals surface area contributed by atoms with Crippen molar-refractivity contribution in [3.8, 4) is 0 Å². The molecule has 2 fully saturated rings. The van der Waals surface area contributed by atoms with Crippen LogP contribution < -0.4 is 0 Å². The van der Waals surface area contributed by atoms with E-state index >= 15 is 0 Å². The van der Waals surface area contributed by atoms with E-state index in [1.165, 1.54) is 13.8 Å². The van der Waals surface area contributed by atoms with E-state index in [-0.39, 0.29) is 19.8 Å². The lowest BCUT2D eigenvalue weighted by Gasteiger charge is -2.31. The summed E-state index contributed by atoms with van der Waals surface area (Å²) in [6, 6.07) is 0. The smallest absolute Gasteiger partial charge is 0.303 e. The molecular weight excluding hydrogens is 502 g/mol. The van der Waals surface area contributed by atoms with Gasteiger partial charge in [0.1, 0.15) is 37.1 Å². The molecule has 1 aromatic rings. The Bertz CT molecular complexity index is 1010. The normalized spacial score (nSPS) is 31.8. The molecule has 0 amide bonds. The van der Waals surface area contributed by atoms with Crippen molar-refractivity contribution in [1.29, 1.82) is 0 Å². The Morgan fingerprint density at radius 1 is 1.11 bits per heavy atom. The maximum Gasteiger partial charge on any atom is 0.303 e. The standard InChI is InChI=1S/C25H37N3O10/c1-6-7-16-17(28(27-26-16)12-19-22(31)23-24(36-19)38-25(4,5)37-23)10-11-32-21-9-8-18(34-15(3)30)20(35-21)13-33-14(2)29/h8-9,18-24,31H,6-7,10-13H2,1-5H3/t18-,19+,20+,21-,22-,23-,24-/m0/s1. The summed E-state index contributed by atoms with van der Waals surface area (Å²) >= 11 is 0. The minimum Gasteiger partial charge on any atom is -0.463 e. The van der Waals surface area contributed by atoms with Crippen molar-refractivity contribution in [3.63, 3.8) is 0 Å². The molecule has 0 unspecified atom stereocenters. The largest absolute Gasteiger partial charge is 0.463 e. The first-order chi connectivity index (χ1) is 18.1. The number of ether oxygens (including phenoxy) is 7. The molecule has 1 aromatic heterocycles. The van der Waals surface area contributed by atoms with Crippen LogP contribution in [0.25, 0.3) is 0 Å². The quantitative estimate of drug-likeness (QED) is 0.313. The Kier molecular flexibility index (Phi) is 9.16. The number of aromatic nitrogens is 3. The Hall–Kier alpha value is -2.42. The summed E-state index contributed by atoms with van der Waals surface area (Å²) in [6.45, 7) is 8.69. The number of aliphatic hydroxyl groups excluding tert-OH is 1. The Morgan fingerprint density at radius 2 is 1.89 bits per heavy atom. The van der Waals surface area contributed by atoms with Gasteiger partial charge in [-0.25, -0.2) is 4.68 Å². The summed E-state index contributed by atoms with van der Waals surface area (Å²) in [4.78, 5) is 22.7. The molecule has 3 aliphatic heterocycles. The van der Waals surface area contributed by atoms with Crippen molar-refractivity contribution >= 4 is 11.9 Å². The fraction of sp³-hybridized carbons (Fsp3) is 0.760. The lowest BCUT2D eigenvalue weighted by atomic mass is 10.1. The zero-order valence-electron chi connectivity index (χ0n) is 22.4. The third kappa shape index (κ3) is 6.96. The molecule has 38 heavy (non-hydrogen) atoms. The van der Waals surface area contributed by atoms with Crippen LogP contribution in [0.4, 0.5) is 0 Å². The van der Waals surface area contributed by atoms with Crippen LogP contribution in [0.2, 0.25) is 0 Å². The van der Waals surface area contributed by atoms with E-state index in [4.69, 9.17) is 33.2 Å². The number of carbonyl (C=O) groups excluding carboxylic acids is 2. The highest BCUT2D eigenvalue weighted by Gasteiger charge is 2.54. The Balaban J connectivity index is 1.36. The van der Waals surface area contributed by atoms with E-state index < -0.39 is 60.8 Å². The molecule has 7 atom stereocenters. The first-order valence-electron chi connectivity index (χ1n) is 12.9. The molecule has 13 heteroatoms. The van der Waals surface area contributed by atoms with Gasteiger partial charge in [-0.2, -0.15) is 0 Å². The van der Waals surface area contributed by atoms with Gasteiger partial charge in [0.2, 0.25) is 0 Å². The van der Waals surface area contributed by atoms with Crippen molar-refractivity contribution in [2.45, 2.75) is 109 Å². The summed E-state index contributed by atoms with van der Waals surface area (Å²) in [5, 5.41) is 19.4. The first-order valence-corrected chi connectivity index (χ1v) is 12.9. The van der Waals surface area contributed by atoms with Gasteiger partial charge in [0, 0.05) is 20.3 Å². The topological polar surface area (TPSA) is 150 Å². The number of aryl methyl sites for hydroxylation is 1. The summed E-state index contributed by atoms with van der Waals surface area (Å²) in [7, 11) is 0. The Morgan fingerprint density at radius 3 is 2.58 bits per heavy atom. The molecule has 1 N–H and O–H groups in total. The van der Waals surface area contributed by atoms with Gasteiger partial charge in [0.05, 0.1) is 24.5 Å². The van der Waals surface area contributed by atoms with Crippen LogP contribution in [-0.2, 0) is 62.1 Å². The van der Waals surface area contributed by atoms with E-state index in [9.17, 15) is 14.7 Å². The lowest BCUT2D eigenvalue weighted by molar-refractivity contribution is -0.216. The van der Waals surface area contributed by atoms with E-state index in [0.717, 1.165) is 24.2 Å². The van der Waals surface area contributed by atoms with E-state index in [1.54, 1.807) is 30.7 Å². The molecule has 4 heterocycles. The molecule has 4 rings (SSSR count). The second kappa shape index (κ2) is 12.2. The summed E-state index contributed by atoms with van der Waals surface area (Å²) in [5.41, 5.74) is 1.72. The minimum atomic E-state index is -0.871. The number of hydrogen-bond donors (Lipinski definition) is 1. The van der Waals surface area contributed by atoms with E-state index in [2.05, 4.69) is 17.2 Å². The van der Waals surface area contributed by atoms with Crippen LogP contribution >= 0.6 is 0 Å². The number of aliphatic hydroxyl groups is 1. The van der Waals surface area contributed by atoms with Crippen molar-refractivity contribution in [2.75, 3.05) is 13.2 Å². The van der Waals surface area contributed by atoms with Gasteiger partial charge in [0.25, 0.3) is 0 Å². The van der Waals surface area contributed by atoms with Crippen LogP contribution in [0.5, 0.6) is 0 Å². The molecule has 212 valence electrons. The SMILES string of the molecule is CCCc1nnn(C[C@H]2O[C@H]3OC(C)(C)O[C@H]3[C@H]2O)c1CCO[C@@H]1C=C[C@H](OC(C)=O)[C@@H](COC(C)=O)O1. The number of fused-ring (bicyclic) bond motifs is 1. The predicted molar refractivity (Wildman–Crippen MR) is 128 cm³/mol. The highest BCUT2D eigenvalue weighted by molar-refractivity contribution is 5.66. The molecule has 0 radical (unpaired) electrons. The van der Waals surface area contributed by atoms with Gasteiger partial charge >= 0.3 is 11.9 Å². The molecule has 13 nitrogen and oxygen atoms in total. The summed E-state index contributed by atoms with van der Waals surface area (Å²) < 4.78 is 41.3. The highest BCUT2D eigenvalue weighted by atomic mass is 16.8. The number of carbonyl (C=O) groups is 2. The molecule has 2 saturated heterocycles. The monoisotopic (exact) mass is 539 g/mol. The number of esters is 2. The first kappa shape index (κ1) is 28.6. The van der Waals surface area contributed by atoms with Gasteiger partial charge in [0.15, 0.2) is 18.4 Å². The summed E-state index contributed by atoms with van der Waals surface area (Å²) in [5.74, 6) is -1.74.